The molecular weight excluding hydrogens is 334 g/mol. The van der Waals surface area contributed by atoms with Crippen LogP contribution in [0, 0.1) is 0 Å². The molecule has 1 aromatic heterocycles. The third kappa shape index (κ3) is 4.25. The predicted molar refractivity (Wildman–Crippen MR) is 98.7 cm³/mol. The van der Waals surface area contributed by atoms with Crippen molar-refractivity contribution in [2.45, 2.75) is 38.1 Å². The minimum Gasteiger partial charge on any atom is -0.348 e. The molecule has 1 atom stereocenters. The fraction of sp³-hybridized carbons (Fsp3) is 0.421. The van der Waals surface area contributed by atoms with Crippen molar-refractivity contribution >= 4 is 23.2 Å². The van der Waals surface area contributed by atoms with Crippen molar-refractivity contribution in [2.24, 2.45) is 0 Å². The summed E-state index contributed by atoms with van der Waals surface area (Å²) in [5.74, 6) is -0.0120. The Morgan fingerprint density at radius 3 is 2.60 bits per heavy atom. The van der Waals surface area contributed by atoms with Gasteiger partial charge in [-0.3, -0.25) is 9.59 Å². The van der Waals surface area contributed by atoms with Gasteiger partial charge in [0.25, 0.3) is 5.91 Å². The Labute approximate surface area is 152 Å². The van der Waals surface area contributed by atoms with Gasteiger partial charge in [0.15, 0.2) is 0 Å². The molecule has 3 rings (SSSR count). The van der Waals surface area contributed by atoms with E-state index in [4.69, 9.17) is 0 Å². The number of hydrogen-bond acceptors (Lipinski definition) is 4. The second-order valence-corrected chi connectivity index (χ2v) is 7.04. The van der Waals surface area contributed by atoms with E-state index >= 15 is 0 Å². The number of thiazole rings is 1. The first-order chi connectivity index (χ1) is 12.2. The van der Waals surface area contributed by atoms with E-state index in [0.717, 1.165) is 24.8 Å². The minimum atomic E-state index is -0.123. The number of benzene rings is 1. The number of rotatable bonds is 5. The third-order valence-corrected chi connectivity index (χ3v) is 5.30. The highest BCUT2D eigenvalue weighted by molar-refractivity contribution is 7.07. The first-order valence-corrected chi connectivity index (χ1v) is 9.66. The standard InChI is InChI=1S/C19H23N3O2S/c1-2-16(14-6-4-3-5-7-14)19(24)22-10-8-15(9-11-22)21-18(23)17-12-25-13-20-17/h3-7,12-13,15-16H,2,8-11H2,1H3,(H,21,23)/t16-/m1/s1. The van der Waals surface area contributed by atoms with Crippen LogP contribution in [0.5, 0.6) is 0 Å². The predicted octanol–water partition coefficient (Wildman–Crippen LogP) is 3.06. The van der Waals surface area contributed by atoms with Gasteiger partial charge in [-0.2, -0.15) is 0 Å². The quantitative estimate of drug-likeness (QED) is 0.894. The van der Waals surface area contributed by atoms with E-state index in [1.54, 1.807) is 10.9 Å². The normalized spacial score (nSPS) is 16.4. The number of carbonyl (C=O) groups is 2. The van der Waals surface area contributed by atoms with Crippen LogP contribution in [-0.2, 0) is 4.79 Å². The Morgan fingerprint density at radius 2 is 2.00 bits per heavy atom. The summed E-state index contributed by atoms with van der Waals surface area (Å²) in [4.78, 5) is 30.9. The zero-order chi connectivity index (χ0) is 17.6. The molecule has 1 aromatic carbocycles. The number of hydrogen-bond donors (Lipinski definition) is 1. The third-order valence-electron chi connectivity index (χ3n) is 4.72. The molecule has 1 N–H and O–H groups in total. The van der Waals surface area contributed by atoms with E-state index in [1.807, 2.05) is 35.2 Å². The summed E-state index contributed by atoms with van der Waals surface area (Å²) in [6, 6.07) is 10.1. The highest BCUT2D eigenvalue weighted by Gasteiger charge is 2.29. The monoisotopic (exact) mass is 357 g/mol. The summed E-state index contributed by atoms with van der Waals surface area (Å²) in [7, 11) is 0. The van der Waals surface area contributed by atoms with E-state index in [9.17, 15) is 9.59 Å². The molecule has 0 spiro atoms. The summed E-state index contributed by atoms with van der Waals surface area (Å²) in [5.41, 5.74) is 3.21. The van der Waals surface area contributed by atoms with Gasteiger partial charge in [0, 0.05) is 24.5 Å². The first kappa shape index (κ1) is 17.6. The molecule has 1 saturated heterocycles. The van der Waals surface area contributed by atoms with E-state index in [2.05, 4.69) is 17.2 Å². The lowest BCUT2D eigenvalue weighted by molar-refractivity contribution is -0.134. The maximum Gasteiger partial charge on any atom is 0.270 e. The first-order valence-electron chi connectivity index (χ1n) is 8.71. The van der Waals surface area contributed by atoms with Crippen molar-refractivity contribution in [1.29, 1.82) is 0 Å². The number of nitrogens with zero attached hydrogens (tertiary/aromatic N) is 2. The molecule has 1 aliphatic rings. The van der Waals surface area contributed by atoms with Gasteiger partial charge < -0.3 is 10.2 Å². The van der Waals surface area contributed by atoms with Crippen molar-refractivity contribution in [1.82, 2.24) is 15.2 Å². The van der Waals surface area contributed by atoms with Gasteiger partial charge in [-0.25, -0.2) is 4.98 Å². The van der Waals surface area contributed by atoms with Gasteiger partial charge in [-0.15, -0.1) is 11.3 Å². The topological polar surface area (TPSA) is 62.3 Å². The number of aromatic nitrogens is 1. The summed E-state index contributed by atoms with van der Waals surface area (Å²) in [6.45, 7) is 3.42. The summed E-state index contributed by atoms with van der Waals surface area (Å²) in [5, 5.41) is 4.77. The molecule has 5 nitrogen and oxygen atoms in total. The Morgan fingerprint density at radius 1 is 1.28 bits per heavy atom. The van der Waals surface area contributed by atoms with Crippen LogP contribution in [0.2, 0.25) is 0 Å². The van der Waals surface area contributed by atoms with E-state index in [-0.39, 0.29) is 23.8 Å². The summed E-state index contributed by atoms with van der Waals surface area (Å²) < 4.78 is 0. The molecule has 0 saturated carbocycles. The maximum atomic E-state index is 12.9. The lowest BCUT2D eigenvalue weighted by Gasteiger charge is -2.34. The fourth-order valence-corrected chi connectivity index (χ4v) is 3.82. The van der Waals surface area contributed by atoms with E-state index in [0.29, 0.717) is 18.8 Å². The van der Waals surface area contributed by atoms with Crippen LogP contribution in [0.3, 0.4) is 0 Å². The number of piperidine rings is 1. The van der Waals surface area contributed by atoms with Crippen LogP contribution >= 0.6 is 11.3 Å². The van der Waals surface area contributed by atoms with Crippen LogP contribution in [0.1, 0.15) is 48.2 Å². The van der Waals surface area contributed by atoms with Crippen molar-refractivity contribution in [2.75, 3.05) is 13.1 Å². The zero-order valence-corrected chi connectivity index (χ0v) is 15.2. The lowest BCUT2D eigenvalue weighted by atomic mass is 9.93. The summed E-state index contributed by atoms with van der Waals surface area (Å²) in [6.07, 6.45) is 2.36. The van der Waals surface area contributed by atoms with Gasteiger partial charge in [-0.1, -0.05) is 37.3 Å². The SMILES string of the molecule is CC[C@@H](C(=O)N1CCC(NC(=O)c2cscn2)CC1)c1ccccc1. The molecule has 6 heteroatoms. The number of likely N-dealkylation sites (tertiary alicyclic amines) is 1. The van der Waals surface area contributed by atoms with E-state index in [1.165, 1.54) is 11.3 Å². The van der Waals surface area contributed by atoms with Crippen molar-refractivity contribution in [3.05, 3.63) is 52.5 Å². The number of amides is 2. The Balaban J connectivity index is 1.54. The average molecular weight is 357 g/mol. The maximum absolute atomic E-state index is 12.9. The van der Waals surface area contributed by atoms with Crippen LogP contribution in [-0.4, -0.2) is 40.8 Å². The molecule has 1 aliphatic heterocycles. The lowest BCUT2D eigenvalue weighted by Crippen LogP contribution is -2.47. The molecule has 2 aromatic rings. The van der Waals surface area contributed by atoms with Crippen molar-refractivity contribution < 1.29 is 9.59 Å². The van der Waals surface area contributed by atoms with Crippen LogP contribution < -0.4 is 5.32 Å². The molecule has 0 aliphatic carbocycles. The molecule has 132 valence electrons. The molecule has 0 unspecified atom stereocenters. The Hall–Kier alpha value is -2.21. The number of nitrogens with one attached hydrogen (secondary N) is 1. The van der Waals surface area contributed by atoms with Crippen LogP contribution in [0.25, 0.3) is 0 Å². The van der Waals surface area contributed by atoms with Crippen molar-refractivity contribution in [3.63, 3.8) is 0 Å². The second-order valence-electron chi connectivity index (χ2n) is 6.32. The molecule has 1 fully saturated rings. The zero-order valence-electron chi connectivity index (χ0n) is 14.4. The van der Waals surface area contributed by atoms with Crippen LogP contribution in [0.4, 0.5) is 0 Å². The van der Waals surface area contributed by atoms with Gasteiger partial charge in [0.1, 0.15) is 5.69 Å². The van der Waals surface area contributed by atoms with Crippen molar-refractivity contribution in [3.8, 4) is 0 Å². The minimum absolute atomic E-state index is 0.0812. The van der Waals surface area contributed by atoms with Gasteiger partial charge in [0.05, 0.1) is 11.4 Å². The number of carbonyl (C=O) groups excluding carboxylic acids is 2. The summed E-state index contributed by atoms with van der Waals surface area (Å²) >= 11 is 1.41. The molecule has 0 radical (unpaired) electrons. The smallest absolute Gasteiger partial charge is 0.270 e. The molecule has 2 amide bonds. The highest BCUT2D eigenvalue weighted by Crippen LogP contribution is 2.24. The van der Waals surface area contributed by atoms with Gasteiger partial charge in [-0.05, 0) is 24.8 Å². The van der Waals surface area contributed by atoms with Crippen LogP contribution in [0.15, 0.2) is 41.2 Å². The molecular formula is C19H23N3O2S. The molecule has 2 heterocycles. The molecule has 0 bridgehead atoms. The average Bonchev–Trinajstić information content (AvgIpc) is 3.19. The van der Waals surface area contributed by atoms with Gasteiger partial charge >= 0.3 is 0 Å². The largest absolute Gasteiger partial charge is 0.348 e. The molecule has 25 heavy (non-hydrogen) atoms. The van der Waals surface area contributed by atoms with Gasteiger partial charge in [0.2, 0.25) is 5.91 Å². The highest BCUT2D eigenvalue weighted by atomic mass is 32.1. The fourth-order valence-electron chi connectivity index (χ4n) is 3.29. The second kappa shape index (κ2) is 8.25. The Bertz CT molecular complexity index is 695. The Kier molecular flexibility index (Phi) is 5.81. The van der Waals surface area contributed by atoms with E-state index < -0.39 is 0 Å².